The number of benzene rings is 2. The highest BCUT2D eigenvalue weighted by Crippen LogP contribution is 2.22. The molecular weight excluding hydrogens is 310 g/mol. The van der Waals surface area contributed by atoms with E-state index in [-0.39, 0.29) is 0 Å². The molecule has 0 aliphatic rings. The molecule has 3 aromatic rings. The Bertz CT molecular complexity index is 796. The Hall–Kier alpha value is -2.59. The van der Waals surface area contributed by atoms with Gasteiger partial charge in [0.2, 0.25) is 0 Å². The van der Waals surface area contributed by atoms with Gasteiger partial charge in [0.1, 0.15) is 0 Å². The summed E-state index contributed by atoms with van der Waals surface area (Å²) in [6.45, 7) is 5.79. The van der Waals surface area contributed by atoms with Gasteiger partial charge in [0.05, 0.1) is 24.3 Å². The fourth-order valence-electron chi connectivity index (χ4n) is 2.93. The summed E-state index contributed by atoms with van der Waals surface area (Å²) in [6.07, 6.45) is 3.83. The summed E-state index contributed by atoms with van der Waals surface area (Å²) in [5, 5.41) is 0. The molecule has 2 aromatic carbocycles. The minimum Gasteiger partial charge on any atom is -0.334 e. The molecule has 0 fully saturated rings. The number of hydrogen-bond acceptors (Lipinski definition) is 3. The van der Waals surface area contributed by atoms with Crippen molar-refractivity contribution in [1.82, 2.24) is 9.55 Å². The Kier molecular flexibility index (Phi) is 5.86. The molecule has 0 spiro atoms. The lowest BCUT2D eigenvalue weighted by atomic mass is 10.1. The van der Waals surface area contributed by atoms with E-state index < -0.39 is 0 Å². The molecule has 3 rings (SSSR count). The van der Waals surface area contributed by atoms with Crippen LogP contribution >= 0.6 is 0 Å². The zero-order chi connectivity index (χ0) is 17.5. The largest absolute Gasteiger partial charge is 0.334 e. The van der Waals surface area contributed by atoms with Crippen LogP contribution in [0.5, 0.6) is 0 Å². The number of aryl methyl sites for hydroxylation is 2. The fraction of sp³-hybridized carbons (Fsp3) is 0.286. The van der Waals surface area contributed by atoms with Gasteiger partial charge in [0, 0.05) is 17.8 Å². The molecule has 1 heterocycles. The molecule has 4 heteroatoms. The molecule has 130 valence electrons. The van der Waals surface area contributed by atoms with Crippen molar-refractivity contribution < 1.29 is 4.84 Å². The van der Waals surface area contributed by atoms with Gasteiger partial charge in [-0.2, -0.15) is 0 Å². The number of rotatable bonds is 8. The Balaban J connectivity index is 1.54. The number of nitrogens with zero attached hydrogens (tertiary/aromatic N) is 2. The summed E-state index contributed by atoms with van der Waals surface area (Å²) >= 11 is 0. The molecule has 1 N–H and O–H groups in total. The van der Waals surface area contributed by atoms with Crippen molar-refractivity contribution in [2.75, 3.05) is 12.1 Å². The third-order valence-electron chi connectivity index (χ3n) is 4.30. The van der Waals surface area contributed by atoms with Crippen LogP contribution in [0, 0.1) is 6.92 Å². The SMILES string of the molecule is CCc1c(-c2ccccc2)ncn1CCCONc1ccccc1C. The second-order valence-corrected chi connectivity index (χ2v) is 6.07. The standard InChI is InChI=1S/C21H25N3O/c1-3-20-21(18-11-5-4-6-12-18)22-16-24(20)14-9-15-25-23-19-13-8-7-10-17(19)2/h4-8,10-13,16,23H,3,9,14-15H2,1-2H3. The first-order chi connectivity index (χ1) is 12.3. The third-order valence-corrected chi connectivity index (χ3v) is 4.30. The van der Waals surface area contributed by atoms with E-state index in [2.05, 4.69) is 59.2 Å². The summed E-state index contributed by atoms with van der Waals surface area (Å²) in [6, 6.07) is 18.5. The van der Waals surface area contributed by atoms with Crippen molar-refractivity contribution in [1.29, 1.82) is 0 Å². The minimum absolute atomic E-state index is 0.649. The van der Waals surface area contributed by atoms with Gasteiger partial charge in [-0.25, -0.2) is 4.98 Å². The average molecular weight is 335 g/mol. The van der Waals surface area contributed by atoms with Crippen LogP contribution in [0.2, 0.25) is 0 Å². The summed E-state index contributed by atoms with van der Waals surface area (Å²) in [5.41, 5.74) is 8.77. The van der Waals surface area contributed by atoms with Gasteiger partial charge >= 0.3 is 0 Å². The topological polar surface area (TPSA) is 39.1 Å². The Labute approximate surface area is 149 Å². The van der Waals surface area contributed by atoms with Crippen LogP contribution in [0.4, 0.5) is 5.69 Å². The van der Waals surface area contributed by atoms with Gasteiger partial charge in [-0.3, -0.25) is 10.3 Å². The molecule has 0 saturated carbocycles. The van der Waals surface area contributed by atoms with Crippen molar-refractivity contribution >= 4 is 5.69 Å². The van der Waals surface area contributed by atoms with Gasteiger partial charge < -0.3 is 4.57 Å². The van der Waals surface area contributed by atoms with E-state index in [1.54, 1.807) is 0 Å². The predicted molar refractivity (Wildman–Crippen MR) is 102 cm³/mol. The maximum absolute atomic E-state index is 5.60. The number of aromatic nitrogens is 2. The van der Waals surface area contributed by atoms with Crippen LogP contribution in [0.25, 0.3) is 11.3 Å². The molecule has 0 amide bonds. The number of nitrogens with one attached hydrogen (secondary N) is 1. The maximum Gasteiger partial charge on any atom is 0.0956 e. The lowest BCUT2D eigenvalue weighted by Gasteiger charge is -2.11. The number of para-hydroxylation sites is 1. The first-order valence-electron chi connectivity index (χ1n) is 8.82. The molecule has 1 aromatic heterocycles. The molecule has 4 nitrogen and oxygen atoms in total. The fourth-order valence-corrected chi connectivity index (χ4v) is 2.93. The number of anilines is 1. The lowest BCUT2D eigenvalue weighted by Crippen LogP contribution is -2.08. The van der Waals surface area contributed by atoms with Gasteiger partial charge in [-0.15, -0.1) is 0 Å². The second kappa shape index (κ2) is 8.49. The van der Waals surface area contributed by atoms with E-state index in [0.717, 1.165) is 30.8 Å². The predicted octanol–water partition coefficient (Wildman–Crippen LogP) is 4.85. The maximum atomic E-state index is 5.60. The zero-order valence-corrected chi connectivity index (χ0v) is 14.9. The summed E-state index contributed by atoms with van der Waals surface area (Å²) < 4.78 is 2.24. The molecule has 0 saturated heterocycles. The van der Waals surface area contributed by atoms with Crippen LogP contribution < -0.4 is 5.48 Å². The highest BCUT2D eigenvalue weighted by Gasteiger charge is 2.10. The Morgan fingerprint density at radius 1 is 1.04 bits per heavy atom. The van der Waals surface area contributed by atoms with Crippen LogP contribution in [-0.2, 0) is 17.8 Å². The number of hydrogen-bond donors (Lipinski definition) is 1. The Morgan fingerprint density at radius 2 is 1.80 bits per heavy atom. The van der Waals surface area contributed by atoms with Crippen molar-refractivity contribution in [3.8, 4) is 11.3 Å². The van der Waals surface area contributed by atoms with Gasteiger partial charge in [-0.05, 0) is 31.4 Å². The molecule has 0 radical (unpaired) electrons. The Morgan fingerprint density at radius 3 is 2.56 bits per heavy atom. The minimum atomic E-state index is 0.649. The van der Waals surface area contributed by atoms with E-state index in [4.69, 9.17) is 4.84 Å². The van der Waals surface area contributed by atoms with Crippen molar-refractivity contribution in [3.05, 3.63) is 72.2 Å². The molecule has 0 unspecified atom stereocenters. The van der Waals surface area contributed by atoms with Crippen LogP contribution in [0.15, 0.2) is 60.9 Å². The van der Waals surface area contributed by atoms with Crippen LogP contribution in [-0.4, -0.2) is 16.2 Å². The summed E-state index contributed by atoms with van der Waals surface area (Å²) in [7, 11) is 0. The van der Waals surface area contributed by atoms with Gasteiger partial charge in [0.15, 0.2) is 0 Å². The summed E-state index contributed by atoms with van der Waals surface area (Å²) in [4.78, 5) is 10.2. The average Bonchev–Trinajstić information content (AvgIpc) is 3.06. The second-order valence-electron chi connectivity index (χ2n) is 6.07. The van der Waals surface area contributed by atoms with E-state index in [0.29, 0.717) is 6.61 Å². The zero-order valence-electron chi connectivity index (χ0n) is 14.9. The van der Waals surface area contributed by atoms with Gasteiger partial charge in [0.25, 0.3) is 0 Å². The highest BCUT2D eigenvalue weighted by molar-refractivity contribution is 5.61. The third kappa shape index (κ3) is 4.28. The molecule has 0 bridgehead atoms. The number of imidazole rings is 1. The summed E-state index contributed by atoms with van der Waals surface area (Å²) in [5.74, 6) is 0. The first-order valence-corrected chi connectivity index (χ1v) is 8.82. The molecule has 0 aliphatic carbocycles. The molecule has 0 atom stereocenters. The van der Waals surface area contributed by atoms with Crippen molar-refractivity contribution in [3.63, 3.8) is 0 Å². The monoisotopic (exact) mass is 335 g/mol. The van der Waals surface area contributed by atoms with E-state index in [9.17, 15) is 0 Å². The normalized spacial score (nSPS) is 10.8. The smallest absolute Gasteiger partial charge is 0.0956 e. The van der Waals surface area contributed by atoms with Crippen molar-refractivity contribution in [2.24, 2.45) is 0 Å². The quantitative estimate of drug-likeness (QED) is 0.472. The van der Waals surface area contributed by atoms with E-state index in [1.807, 2.05) is 30.6 Å². The highest BCUT2D eigenvalue weighted by atomic mass is 16.6. The lowest BCUT2D eigenvalue weighted by molar-refractivity contribution is 0.185. The van der Waals surface area contributed by atoms with Crippen LogP contribution in [0.3, 0.4) is 0 Å². The van der Waals surface area contributed by atoms with Crippen LogP contribution in [0.1, 0.15) is 24.6 Å². The molecular formula is C21H25N3O. The van der Waals surface area contributed by atoms with E-state index >= 15 is 0 Å². The van der Waals surface area contributed by atoms with Crippen molar-refractivity contribution in [2.45, 2.75) is 33.2 Å². The molecule has 0 aliphatic heterocycles. The van der Waals surface area contributed by atoms with Gasteiger partial charge in [-0.1, -0.05) is 55.5 Å². The molecule has 25 heavy (non-hydrogen) atoms. The first kappa shape index (κ1) is 17.2. The van der Waals surface area contributed by atoms with E-state index in [1.165, 1.54) is 16.8 Å².